The first-order valence-electron chi connectivity index (χ1n) is 25.2. The number of likely N-dealkylation sites (tertiary alicyclic amines) is 2. The van der Waals surface area contributed by atoms with Crippen molar-refractivity contribution in [1.82, 2.24) is 29.7 Å². The Morgan fingerprint density at radius 3 is 1.28 bits per heavy atom. The maximum absolute atomic E-state index is 12.5. The van der Waals surface area contributed by atoms with Gasteiger partial charge < -0.3 is 53.9 Å². The summed E-state index contributed by atoms with van der Waals surface area (Å²) >= 11 is 0. The topological polar surface area (TPSA) is 300 Å². The Balaban J connectivity index is 0.000000290. The number of carbonyl (C=O) groups excluding carboxylic acids is 8. The summed E-state index contributed by atoms with van der Waals surface area (Å²) in [7, 11) is 7.57. The van der Waals surface area contributed by atoms with E-state index in [-0.39, 0.29) is 70.9 Å². The Hall–Kier alpha value is -8.75. The van der Waals surface area contributed by atoms with Gasteiger partial charge in [0.1, 0.15) is 40.6 Å². The highest BCUT2D eigenvalue weighted by atomic mass is 16.6. The highest BCUT2D eigenvalue weighted by Gasteiger charge is 2.33. The quantitative estimate of drug-likeness (QED) is 0.0935. The molecule has 0 unspecified atom stereocenters. The lowest BCUT2D eigenvalue weighted by Gasteiger charge is -2.24. The van der Waals surface area contributed by atoms with Crippen LogP contribution in [0.1, 0.15) is 117 Å². The van der Waals surface area contributed by atoms with Crippen LogP contribution in [0.5, 0.6) is 0 Å². The van der Waals surface area contributed by atoms with Crippen molar-refractivity contribution in [1.29, 1.82) is 5.26 Å². The number of nitrogens with zero attached hydrogens (tertiary/aromatic N) is 10. The molecule has 2 saturated heterocycles. The van der Waals surface area contributed by atoms with Crippen molar-refractivity contribution < 1.29 is 62.0 Å². The van der Waals surface area contributed by atoms with Gasteiger partial charge in [-0.25, -0.2) is 43.9 Å². The van der Waals surface area contributed by atoms with E-state index in [1.165, 1.54) is 76.8 Å². The number of hydrogen-bond donors (Lipinski definition) is 1. The lowest BCUT2D eigenvalue weighted by molar-refractivity contribution is -0.121. The number of aromatic nitrogens is 4. The van der Waals surface area contributed by atoms with Crippen LogP contribution < -0.4 is 20.4 Å². The summed E-state index contributed by atoms with van der Waals surface area (Å²) in [5, 5.41) is 8.81. The first-order valence-corrected chi connectivity index (χ1v) is 25.2. The maximum Gasteiger partial charge on any atom is 0.410 e. The summed E-state index contributed by atoms with van der Waals surface area (Å²) in [6, 6.07) is 12.7. The molecule has 24 heteroatoms. The summed E-state index contributed by atoms with van der Waals surface area (Å²) in [5.74, 6) is -2.64. The zero-order chi connectivity index (χ0) is 59.3. The molecule has 0 aliphatic carbocycles. The molecular formula is C55H73N11O13. The lowest BCUT2D eigenvalue weighted by atomic mass is 10.2. The number of methoxy groups -OCH3 is 2. The van der Waals surface area contributed by atoms with Gasteiger partial charge in [0.05, 0.1) is 27.3 Å². The average Bonchev–Trinajstić information content (AvgIpc) is 4.11. The second-order valence-electron chi connectivity index (χ2n) is 19.9. The van der Waals surface area contributed by atoms with Crippen molar-refractivity contribution in [2.24, 2.45) is 17.8 Å². The van der Waals surface area contributed by atoms with E-state index in [0.717, 1.165) is 0 Å². The standard InChI is InChI=1S/C20H29N3O5.C16H20N4O3.C12H16N2O3.C7H8N2O2/c1-13(2)17(24)22(6)14-7-9-21-16(11-14)18(25)27-15-8-10-23(12-15)19(26)28-20(3,4)5;1-11(2)15(21)19(3)12-4-6-18-14(8-12)16(22)23-13-5-7-20(9-13)10-17;1-8(2)11(15)14(3)9-5-6-13-10(7-9)12(16)17-4;1-11-7(10)6-4-5(8)2-3-9-6/h7,9,11,13,15H,8,10,12H2,1-6H3;4,6,8,11,13H,5,7,9H2,1-3H3;5-8H,1-4H3;2-4H,1H3,(H2,8,9)/t15-;13-;;/m11../s1. The summed E-state index contributed by atoms with van der Waals surface area (Å²) in [4.78, 5) is 118. The number of amides is 4. The van der Waals surface area contributed by atoms with Gasteiger partial charge in [-0.2, -0.15) is 5.26 Å². The minimum Gasteiger partial charge on any atom is -0.464 e. The molecule has 0 aromatic carbocycles. The number of ether oxygens (including phenoxy) is 5. The van der Waals surface area contributed by atoms with Gasteiger partial charge in [0, 0.05) is 112 Å². The first-order chi connectivity index (χ1) is 37.1. The molecule has 2 fully saturated rings. The van der Waals surface area contributed by atoms with Crippen LogP contribution in [0, 0.1) is 29.2 Å². The van der Waals surface area contributed by atoms with E-state index in [4.69, 9.17) is 25.2 Å². The molecule has 0 spiro atoms. The van der Waals surface area contributed by atoms with Crippen molar-refractivity contribution in [3.05, 3.63) is 96.1 Å². The summed E-state index contributed by atoms with van der Waals surface area (Å²) in [6.07, 6.45) is 7.95. The van der Waals surface area contributed by atoms with E-state index in [1.807, 2.05) is 47.7 Å². The Morgan fingerprint density at radius 2 is 0.937 bits per heavy atom. The Morgan fingerprint density at radius 1 is 0.582 bits per heavy atom. The molecule has 6 rings (SSSR count). The number of hydrogen-bond acceptors (Lipinski definition) is 20. The number of rotatable bonds is 12. The Bertz CT molecular complexity index is 2810. The molecule has 0 saturated carbocycles. The molecule has 4 aromatic heterocycles. The third kappa shape index (κ3) is 20.3. The molecule has 426 valence electrons. The Labute approximate surface area is 461 Å². The van der Waals surface area contributed by atoms with Gasteiger partial charge in [0.25, 0.3) is 0 Å². The minimum absolute atomic E-state index is 0.0213. The molecule has 0 radical (unpaired) electrons. The predicted molar refractivity (Wildman–Crippen MR) is 291 cm³/mol. The predicted octanol–water partition coefficient (Wildman–Crippen LogP) is 6.22. The zero-order valence-corrected chi connectivity index (χ0v) is 47.4. The normalized spacial score (nSPS) is 14.4. The van der Waals surface area contributed by atoms with Crippen molar-refractivity contribution >= 4 is 70.4 Å². The van der Waals surface area contributed by atoms with Crippen LogP contribution in [0.2, 0.25) is 0 Å². The first kappa shape index (κ1) is 64.5. The van der Waals surface area contributed by atoms with Crippen LogP contribution in [0.15, 0.2) is 73.3 Å². The molecule has 0 bridgehead atoms. The van der Waals surface area contributed by atoms with Gasteiger partial charge in [-0.1, -0.05) is 41.5 Å². The largest absolute Gasteiger partial charge is 0.464 e. The van der Waals surface area contributed by atoms with E-state index in [2.05, 4.69) is 29.4 Å². The fraction of sp³-hybridized carbons (Fsp3) is 0.473. The SMILES string of the molecule is CC(C)C(=O)N(C)c1ccnc(C(=O)O[C@@H]2CCN(C#N)C2)c1.CC(C)C(=O)N(C)c1ccnc(C(=O)O[C@@H]2CCN(C(=O)OC(C)(C)C)C2)c1.COC(=O)c1cc(N(C)C(=O)C(C)C)ccn1.COC(=O)c1cc(N)ccn1. The molecule has 2 atom stereocenters. The monoisotopic (exact) mass is 1100 g/mol. The van der Waals surface area contributed by atoms with Gasteiger partial charge >= 0.3 is 30.0 Å². The van der Waals surface area contributed by atoms with E-state index >= 15 is 0 Å². The van der Waals surface area contributed by atoms with Gasteiger partial charge in [-0.3, -0.25) is 14.4 Å². The van der Waals surface area contributed by atoms with Gasteiger partial charge in [0.15, 0.2) is 6.19 Å². The number of esters is 4. The smallest absolute Gasteiger partial charge is 0.410 e. The van der Waals surface area contributed by atoms with Gasteiger partial charge in [-0.15, -0.1) is 0 Å². The van der Waals surface area contributed by atoms with Crippen LogP contribution in [0.3, 0.4) is 0 Å². The number of nitrogens with two attached hydrogens (primary N) is 1. The minimum atomic E-state index is -0.580. The highest BCUT2D eigenvalue weighted by Crippen LogP contribution is 2.22. The fourth-order valence-corrected chi connectivity index (χ4v) is 7.19. The van der Waals surface area contributed by atoms with E-state index in [9.17, 15) is 38.4 Å². The molecule has 2 aliphatic rings. The number of nitriles is 1. The lowest BCUT2D eigenvalue weighted by Crippen LogP contribution is -2.36. The number of carbonyl (C=O) groups is 8. The molecule has 2 aliphatic heterocycles. The molecule has 6 heterocycles. The number of anilines is 4. The van der Waals surface area contributed by atoms with Gasteiger partial charge in [0.2, 0.25) is 17.7 Å². The highest BCUT2D eigenvalue weighted by molar-refractivity contribution is 5.98. The van der Waals surface area contributed by atoms with Crippen molar-refractivity contribution in [2.45, 2.75) is 93.0 Å². The second kappa shape index (κ2) is 30.3. The number of nitrogen functional groups attached to an aromatic ring is 1. The van der Waals surface area contributed by atoms with E-state index in [0.29, 0.717) is 55.2 Å². The van der Waals surface area contributed by atoms with Crippen LogP contribution in [-0.4, -0.2) is 157 Å². The van der Waals surface area contributed by atoms with Crippen LogP contribution in [0.25, 0.3) is 0 Å². The summed E-state index contributed by atoms with van der Waals surface area (Å²) in [5.41, 5.74) is 7.81. The van der Waals surface area contributed by atoms with Gasteiger partial charge in [-0.05, 0) is 69.3 Å². The molecule has 4 amide bonds. The van der Waals surface area contributed by atoms with Crippen LogP contribution in [-0.2, 0) is 38.1 Å². The fourth-order valence-electron chi connectivity index (χ4n) is 7.19. The average molecular weight is 1100 g/mol. The van der Waals surface area contributed by atoms with Crippen LogP contribution >= 0.6 is 0 Å². The maximum atomic E-state index is 12.5. The zero-order valence-electron chi connectivity index (χ0n) is 47.4. The summed E-state index contributed by atoms with van der Waals surface area (Å²) < 4.78 is 25.2. The number of pyridine rings is 4. The second-order valence-corrected chi connectivity index (χ2v) is 19.9. The van der Waals surface area contributed by atoms with E-state index < -0.39 is 41.7 Å². The Kier molecular flexibility index (Phi) is 24.7. The van der Waals surface area contributed by atoms with Crippen molar-refractivity contribution in [3.8, 4) is 6.19 Å². The van der Waals surface area contributed by atoms with Crippen molar-refractivity contribution in [3.63, 3.8) is 0 Å². The molecule has 2 N–H and O–H groups in total. The van der Waals surface area contributed by atoms with Crippen LogP contribution in [0.4, 0.5) is 27.5 Å². The molecule has 79 heavy (non-hydrogen) atoms. The molecule has 4 aromatic rings. The van der Waals surface area contributed by atoms with E-state index in [1.54, 1.807) is 77.1 Å². The van der Waals surface area contributed by atoms with Crippen molar-refractivity contribution in [2.75, 3.05) is 82.0 Å². The third-order valence-electron chi connectivity index (χ3n) is 11.5. The molecule has 24 nitrogen and oxygen atoms in total. The third-order valence-corrected chi connectivity index (χ3v) is 11.5. The summed E-state index contributed by atoms with van der Waals surface area (Å²) in [6.45, 7) is 18.1. The molecular weight excluding hydrogens is 1020 g/mol.